The highest BCUT2D eigenvalue weighted by Gasteiger charge is 2.30. The number of hydrogen-bond acceptors (Lipinski definition) is 5. The van der Waals surface area contributed by atoms with Crippen molar-refractivity contribution in [2.24, 2.45) is 5.92 Å². The first-order chi connectivity index (χ1) is 14.0. The minimum Gasteiger partial charge on any atom is -0.325 e. The van der Waals surface area contributed by atoms with Gasteiger partial charge in [0.15, 0.2) is 0 Å². The van der Waals surface area contributed by atoms with Crippen molar-refractivity contribution in [3.63, 3.8) is 0 Å². The third-order valence-corrected chi connectivity index (χ3v) is 5.25. The zero-order chi connectivity index (χ0) is 20.8. The number of nitrogens with zero attached hydrogens (tertiary/aromatic N) is 3. The molecule has 7 heteroatoms. The van der Waals surface area contributed by atoms with Crippen LogP contribution < -0.4 is 10.6 Å². The molecule has 1 saturated heterocycles. The molecule has 0 bridgehead atoms. The highest BCUT2D eigenvalue weighted by atomic mass is 16.2. The lowest BCUT2D eigenvalue weighted by Gasteiger charge is -2.34. The summed E-state index contributed by atoms with van der Waals surface area (Å²) in [6.45, 7) is 5.16. The first kappa shape index (κ1) is 20.5. The van der Waals surface area contributed by atoms with Gasteiger partial charge in [-0.1, -0.05) is 12.1 Å². The molecule has 1 atom stereocenters. The van der Waals surface area contributed by atoms with E-state index in [9.17, 15) is 9.59 Å². The number of anilines is 2. The molecule has 1 aromatic carbocycles. The van der Waals surface area contributed by atoms with Gasteiger partial charge < -0.3 is 10.6 Å². The van der Waals surface area contributed by atoms with Gasteiger partial charge in [-0.05, 0) is 69.6 Å². The number of carbonyl (C=O) groups excluding carboxylic acids is 2. The molecule has 2 amide bonds. The molecular weight excluding hydrogens is 366 g/mol. The molecule has 0 aliphatic carbocycles. The molecule has 1 fully saturated rings. The summed E-state index contributed by atoms with van der Waals surface area (Å²) >= 11 is 0. The molecule has 29 heavy (non-hydrogen) atoms. The van der Waals surface area contributed by atoms with E-state index in [2.05, 4.69) is 26.6 Å². The molecule has 0 radical (unpaired) electrons. The third-order valence-electron chi connectivity index (χ3n) is 5.25. The molecule has 1 aliphatic rings. The Hall–Kier alpha value is -3.24. The molecule has 2 heterocycles. The second-order valence-electron chi connectivity index (χ2n) is 7.38. The monoisotopic (exact) mass is 391 g/mol. The third kappa shape index (κ3) is 5.39. The van der Waals surface area contributed by atoms with Crippen molar-refractivity contribution in [2.45, 2.75) is 32.7 Å². The standard InChI is InChI=1S/C22H25N5O2/c1-15-6-7-20(24-14-15)26-22(29)18-8-10-27(11-9-18)16(2)21(28)25-19-5-3-4-17(12-19)13-23/h3-7,12,14,16,18H,8-11H2,1-2H3,(H,25,28)(H,24,26,29). The molecule has 3 rings (SSSR count). The number of pyridine rings is 1. The first-order valence-electron chi connectivity index (χ1n) is 9.75. The Labute approximate surface area is 170 Å². The van der Waals surface area contributed by atoms with E-state index in [4.69, 9.17) is 5.26 Å². The van der Waals surface area contributed by atoms with Crippen LogP contribution in [0.5, 0.6) is 0 Å². The number of likely N-dealkylation sites (tertiary alicyclic amines) is 1. The zero-order valence-electron chi connectivity index (χ0n) is 16.7. The molecule has 0 saturated carbocycles. The van der Waals surface area contributed by atoms with Gasteiger partial charge in [0, 0.05) is 17.8 Å². The number of amides is 2. The van der Waals surface area contributed by atoms with Crippen molar-refractivity contribution in [1.29, 1.82) is 5.26 Å². The van der Waals surface area contributed by atoms with E-state index >= 15 is 0 Å². The molecule has 2 N–H and O–H groups in total. The summed E-state index contributed by atoms with van der Waals surface area (Å²) in [6, 6.07) is 12.3. The van der Waals surface area contributed by atoms with Crippen molar-refractivity contribution in [3.05, 3.63) is 53.7 Å². The number of rotatable bonds is 5. The maximum atomic E-state index is 12.6. The predicted molar refractivity (Wildman–Crippen MR) is 111 cm³/mol. The number of aryl methyl sites for hydroxylation is 1. The lowest BCUT2D eigenvalue weighted by Crippen LogP contribution is -2.47. The molecule has 1 aromatic heterocycles. The van der Waals surface area contributed by atoms with Crippen molar-refractivity contribution >= 4 is 23.3 Å². The quantitative estimate of drug-likeness (QED) is 0.817. The van der Waals surface area contributed by atoms with E-state index in [1.165, 1.54) is 0 Å². The fourth-order valence-corrected chi connectivity index (χ4v) is 3.40. The summed E-state index contributed by atoms with van der Waals surface area (Å²) in [5, 5.41) is 14.7. The van der Waals surface area contributed by atoms with Crippen LogP contribution in [0.2, 0.25) is 0 Å². The van der Waals surface area contributed by atoms with Crippen molar-refractivity contribution in [2.75, 3.05) is 23.7 Å². The van der Waals surface area contributed by atoms with E-state index in [0.29, 0.717) is 43.0 Å². The average molecular weight is 391 g/mol. The van der Waals surface area contributed by atoms with Gasteiger partial charge in [0.05, 0.1) is 17.7 Å². The van der Waals surface area contributed by atoms with Gasteiger partial charge >= 0.3 is 0 Å². The Morgan fingerprint density at radius 2 is 1.97 bits per heavy atom. The van der Waals surface area contributed by atoms with Gasteiger partial charge in [-0.2, -0.15) is 5.26 Å². The van der Waals surface area contributed by atoms with E-state index in [1.807, 2.05) is 19.9 Å². The van der Waals surface area contributed by atoms with Gasteiger partial charge in [-0.3, -0.25) is 14.5 Å². The van der Waals surface area contributed by atoms with Gasteiger partial charge in [0.1, 0.15) is 5.82 Å². The Kier molecular flexibility index (Phi) is 6.57. The fraction of sp³-hybridized carbons (Fsp3) is 0.364. The average Bonchev–Trinajstić information content (AvgIpc) is 2.75. The Morgan fingerprint density at radius 1 is 1.21 bits per heavy atom. The molecule has 1 aliphatic heterocycles. The number of hydrogen-bond donors (Lipinski definition) is 2. The first-order valence-corrected chi connectivity index (χ1v) is 9.75. The van der Waals surface area contributed by atoms with Crippen LogP contribution in [0.3, 0.4) is 0 Å². The largest absolute Gasteiger partial charge is 0.325 e. The minimum atomic E-state index is -0.316. The summed E-state index contributed by atoms with van der Waals surface area (Å²) < 4.78 is 0. The van der Waals surface area contributed by atoms with Crippen LogP contribution in [0, 0.1) is 24.2 Å². The van der Waals surface area contributed by atoms with Crippen molar-refractivity contribution in [1.82, 2.24) is 9.88 Å². The van der Waals surface area contributed by atoms with Crippen LogP contribution in [0.25, 0.3) is 0 Å². The van der Waals surface area contributed by atoms with Crippen LogP contribution in [0.15, 0.2) is 42.6 Å². The predicted octanol–water partition coefficient (Wildman–Crippen LogP) is 2.94. The summed E-state index contributed by atoms with van der Waals surface area (Å²) in [4.78, 5) is 31.4. The molecule has 0 spiro atoms. The number of piperidine rings is 1. The topological polar surface area (TPSA) is 98.1 Å². The number of nitriles is 1. The van der Waals surface area contributed by atoms with Crippen molar-refractivity contribution in [3.8, 4) is 6.07 Å². The van der Waals surface area contributed by atoms with E-state index in [0.717, 1.165) is 5.56 Å². The van der Waals surface area contributed by atoms with E-state index in [1.54, 1.807) is 36.5 Å². The van der Waals surface area contributed by atoms with E-state index in [-0.39, 0.29) is 23.8 Å². The van der Waals surface area contributed by atoms with Gasteiger partial charge in [0.25, 0.3) is 0 Å². The minimum absolute atomic E-state index is 0.0218. The molecule has 1 unspecified atom stereocenters. The maximum absolute atomic E-state index is 12.6. The highest BCUT2D eigenvalue weighted by Crippen LogP contribution is 2.21. The zero-order valence-corrected chi connectivity index (χ0v) is 16.7. The maximum Gasteiger partial charge on any atom is 0.241 e. The molecular formula is C22H25N5O2. The van der Waals surface area contributed by atoms with Crippen LogP contribution in [-0.2, 0) is 9.59 Å². The van der Waals surface area contributed by atoms with Crippen LogP contribution in [-0.4, -0.2) is 40.8 Å². The van der Waals surface area contributed by atoms with Crippen LogP contribution in [0.4, 0.5) is 11.5 Å². The second-order valence-corrected chi connectivity index (χ2v) is 7.38. The molecule has 7 nitrogen and oxygen atoms in total. The SMILES string of the molecule is Cc1ccc(NC(=O)C2CCN(C(C)C(=O)Nc3cccc(C#N)c3)CC2)nc1. The highest BCUT2D eigenvalue weighted by molar-refractivity contribution is 5.95. The number of nitrogens with one attached hydrogen (secondary N) is 2. The number of benzene rings is 1. The summed E-state index contributed by atoms with van der Waals surface area (Å²) in [7, 11) is 0. The molecule has 2 aromatic rings. The lowest BCUT2D eigenvalue weighted by atomic mass is 9.95. The summed E-state index contributed by atoms with van der Waals surface area (Å²) in [5.74, 6) is 0.338. The molecule has 150 valence electrons. The normalized spacial score (nSPS) is 15.9. The summed E-state index contributed by atoms with van der Waals surface area (Å²) in [6.07, 6.45) is 3.11. The Morgan fingerprint density at radius 3 is 2.62 bits per heavy atom. The van der Waals surface area contributed by atoms with Crippen molar-refractivity contribution < 1.29 is 9.59 Å². The van der Waals surface area contributed by atoms with Gasteiger partial charge in [0.2, 0.25) is 11.8 Å². The number of carbonyl (C=O) groups is 2. The van der Waals surface area contributed by atoms with Crippen LogP contribution >= 0.6 is 0 Å². The lowest BCUT2D eigenvalue weighted by molar-refractivity contribution is -0.123. The number of aromatic nitrogens is 1. The second kappa shape index (κ2) is 9.30. The van der Waals surface area contributed by atoms with Gasteiger partial charge in [-0.25, -0.2) is 4.98 Å². The van der Waals surface area contributed by atoms with E-state index < -0.39 is 0 Å². The Balaban J connectivity index is 1.50. The summed E-state index contributed by atoms with van der Waals surface area (Å²) in [5.41, 5.74) is 2.16. The smallest absolute Gasteiger partial charge is 0.241 e. The fourth-order valence-electron chi connectivity index (χ4n) is 3.40. The Bertz CT molecular complexity index is 912. The van der Waals surface area contributed by atoms with Gasteiger partial charge in [-0.15, -0.1) is 0 Å². The van der Waals surface area contributed by atoms with Crippen LogP contribution in [0.1, 0.15) is 30.9 Å².